The highest BCUT2D eigenvalue weighted by Gasteiger charge is 2.18. The SMILES string of the molecule is NC(=O)C(O)CNC(=O)CC1CCNCC1. The molecule has 6 nitrogen and oxygen atoms in total. The van der Waals surface area contributed by atoms with Crippen molar-refractivity contribution in [3.05, 3.63) is 0 Å². The molecule has 5 N–H and O–H groups in total. The topological polar surface area (TPSA) is 104 Å². The standard InChI is InChI=1S/C10H19N3O3/c11-10(16)8(14)6-13-9(15)5-7-1-3-12-4-2-7/h7-8,12,14H,1-6H2,(H2,11,16)(H,13,15). The molecule has 1 fully saturated rings. The first-order valence-electron chi connectivity index (χ1n) is 5.54. The quantitative estimate of drug-likeness (QED) is 0.453. The van der Waals surface area contributed by atoms with Crippen LogP contribution in [0, 0.1) is 5.92 Å². The summed E-state index contributed by atoms with van der Waals surface area (Å²) < 4.78 is 0. The van der Waals surface area contributed by atoms with Crippen LogP contribution in [0.4, 0.5) is 0 Å². The summed E-state index contributed by atoms with van der Waals surface area (Å²) in [4.78, 5) is 22.0. The zero-order valence-electron chi connectivity index (χ0n) is 9.24. The van der Waals surface area contributed by atoms with E-state index in [1.165, 1.54) is 0 Å². The van der Waals surface area contributed by atoms with Crippen molar-refractivity contribution in [1.82, 2.24) is 10.6 Å². The lowest BCUT2D eigenvalue weighted by Gasteiger charge is -2.22. The Morgan fingerprint density at radius 1 is 1.44 bits per heavy atom. The van der Waals surface area contributed by atoms with Gasteiger partial charge in [0.1, 0.15) is 6.10 Å². The number of nitrogens with one attached hydrogen (secondary N) is 2. The highest BCUT2D eigenvalue weighted by molar-refractivity contribution is 5.81. The lowest BCUT2D eigenvalue weighted by molar-refractivity contribution is -0.127. The fourth-order valence-electron chi connectivity index (χ4n) is 1.73. The molecule has 0 radical (unpaired) electrons. The number of nitrogens with two attached hydrogens (primary N) is 1. The van der Waals surface area contributed by atoms with Crippen LogP contribution in [-0.2, 0) is 9.59 Å². The van der Waals surface area contributed by atoms with E-state index in [1.807, 2.05) is 0 Å². The molecule has 0 aromatic carbocycles. The summed E-state index contributed by atoms with van der Waals surface area (Å²) in [6, 6.07) is 0. The number of rotatable bonds is 5. The van der Waals surface area contributed by atoms with Crippen molar-refractivity contribution in [1.29, 1.82) is 0 Å². The van der Waals surface area contributed by atoms with Gasteiger partial charge in [-0.05, 0) is 31.8 Å². The third kappa shape index (κ3) is 4.59. The Morgan fingerprint density at radius 3 is 2.62 bits per heavy atom. The molecule has 2 amide bonds. The number of hydrogen-bond donors (Lipinski definition) is 4. The molecule has 1 saturated heterocycles. The van der Waals surface area contributed by atoms with Gasteiger partial charge in [-0.25, -0.2) is 0 Å². The normalized spacial score (nSPS) is 19.1. The average molecular weight is 229 g/mol. The van der Waals surface area contributed by atoms with E-state index >= 15 is 0 Å². The summed E-state index contributed by atoms with van der Waals surface area (Å²) >= 11 is 0. The van der Waals surface area contributed by atoms with Gasteiger partial charge in [0.2, 0.25) is 11.8 Å². The van der Waals surface area contributed by atoms with E-state index in [-0.39, 0.29) is 12.5 Å². The maximum Gasteiger partial charge on any atom is 0.248 e. The highest BCUT2D eigenvalue weighted by Crippen LogP contribution is 2.15. The minimum atomic E-state index is -1.29. The predicted molar refractivity (Wildman–Crippen MR) is 58.4 cm³/mol. The first-order valence-corrected chi connectivity index (χ1v) is 5.54. The van der Waals surface area contributed by atoms with E-state index in [1.54, 1.807) is 0 Å². The summed E-state index contributed by atoms with van der Waals surface area (Å²) in [6.07, 6.45) is 1.14. The largest absolute Gasteiger partial charge is 0.381 e. The van der Waals surface area contributed by atoms with E-state index in [0.717, 1.165) is 25.9 Å². The summed E-state index contributed by atoms with van der Waals surface area (Å²) in [5.74, 6) is -0.554. The van der Waals surface area contributed by atoms with E-state index in [9.17, 15) is 9.59 Å². The Labute approximate surface area is 94.6 Å². The monoisotopic (exact) mass is 229 g/mol. The second-order valence-electron chi connectivity index (χ2n) is 4.12. The Hall–Kier alpha value is -1.14. The van der Waals surface area contributed by atoms with Crippen molar-refractivity contribution in [3.63, 3.8) is 0 Å². The molecule has 0 spiro atoms. The summed E-state index contributed by atoms with van der Waals surface area (Å²) in [7, 11) is 0. The van der Waals surface area contributed by atoms with Gasteiger partial charge in [0, 0.05) is 6.42 Å². The molecule has 0 aromatic heterocycles. The number of piperidine rings is 1. The van der Waals surface area contributed by atoms with Gasteiger partial charge in [-0.2, -0.15) is 0 Å². The molecule has 1 aliphatic heterocycles. The Kier molecular flexibility index (Phi) is 5.21. The molecule has 0 saturated carbocycles. The van der Waals surface area contributed by atoms with Crippen molar-refractivity contribution >= 4 is 11.8 Å². The Bertz CT molecular complexity index is 252. The van der Waals surface area contributed by atoms with E-state index < -0.39 is 12.0 Å². The fraction of sp³-hybridized carbons (Fsp3) is 0.800. The molecule has 0 bridgehead atoms. The van der Waals surface area contributed by atoms with Gasteiger partial charge in [0.25, 0.3) is 0 Å². The molecule has 1 rings (SSSR count). The zero-order valence-corrected chi connectivity index (χ0v) is 9.24. The van der Waals surface area contributed by atoms with Gasteiger partial charge in [-0.15, -0.1) is 0 Å². The fourth-order valence-corrected chi connectivity index (χ4v) is 1.73. The molecule has 1 atom stereocenters. The van der Waals surface area contributed by atoms with Crippen molar-refractivity contribution in [2.45, 2.75) is 25.4 Å². The molecule has 92 valence electrons. The molecule has 1 aliphatic rings. The van der Waals surface area contributed by atoms with Crippen molar-refractivity contribution in [3.8, 4) is 0 Å². The number of primary amides is 1. The maximum atomic E-state index is 11.4. The number of hydrogen-bond acceptors (Lipinski definition) is 4. The molecule has 16 heavy (non-hydrogen) atoms. The zero-order chi connectivity index (χ0) is 12.0. The summed E-state index contributed by atoms with van der Waals surface area (Å²) in [6.45, 7) is 1.79. The van der Waals surface area contributed by atoms with Crippen molar-refractivity contribution < 1.29 is 14.7 Å². The van der Waals surface area contributed by atoms with Gasteiger partial charge in [0.05, 0.1) is 6.54 Å². The summed E-state index contributed by atoms with van der Waals surface area (Å²) in [5.41, 5.74) is 4.86. The minimum absolute atomic E-state index is 0.0981. The molecule has 1 heterocycles. The predicted octanol–water partition coefficient (Wildman–Crippen LogP) is -1.66. The average Bonchev–Trinajstić information content (AvgIpc) is 2.27. The Morgan fingerprint density at radius 2 is 2.06 bits per heavy atom. The van der Waals surface area contributed by atoms with Gasteiger partial charge in [0.15, 0.2) is 0 Å². The van der Waals surface area contributed by atoms with Crippen LogP contribution < -0.4 is 16.4 Å². The number of amides is 2. The van der Waals surface area contributed by atoms with Gasteiger partial charge in [-0.3, -0.25) is 9.59 Å². The second-order valence-corrected chi connectivity index (χ2v) is 4.12. The van der Waals surface area contributed by atoms with Crippen LogP contribution in [0.2, 0.25) is 0 Å². The number of carbonyl (C=O) groups is 2. The van der Waals surface area contributed by atoms with E-state index in [2.05, 4.69) is 10.6 Å². The van der Waals surface area contributed by atoms with Crippen LogP contribution >= 0.6 is 0 Å². The van der Waals surface area contributed by atoms with Crippen LogP contribution in [0.25, 0.3) is 0 Å². The van der Waals surface area contributed by atoms with Crippen molar-refractivity contribution in [2.24, 2.45) is 11.7 Å². The van der Waals surface area contributed by atoms with Gasteiger partial charge < -0.3 is 21.5 Å². The molecule has 1 unspecified atom stereocenters. The maximum absolute atomic E-state index is 11.4. The van der Waals surface area contributed by atoms with E-state index in [0.29, 0.717) is 12.3 Å². The van der Waals surface area contributed by atoms with Crippen LogP contribution in [-0.4, -0.2) is 42.7 Å². The smallest absolute Gasteiger partial charge is 0.248 e. The first-order chi connectivity index (χ1) is 7.59. The lowest BCUT2D eigenvalue weighted by atomic mass is 9.94. The molecular weight excluding hydrogens is 210 g/mol. The number of aliphatic hydroxyl groups is 1. The minimum Gasteiger partial charge on any atom is -0.381 e. The molecule has 6 heteroatoms. The van der Waals surface area contributed by atoms with Crippen LogP contribution in [0.3, 0.4) is 0 Å². The number of carbonyl (C=O) groups excluding carboxylic acids is 2. The second kappa shape index (κ2) is 6.44. The van der Waals surface area contributed by atoms with Crippen LogP contribution in [0.5, 0.6) is 0 Å². The highest BCUT2D eigenvalue weighted by atomic mass is 16.3. The van der Waals surface area contributed by atoms with Crippen LogP contribution in [0.15, 0.2) is 0 Å². The Balaban J connectivity index is 2.17. The summed E-state index contributed by atoms with van der Waals surface area (Å²) in [5, 5.41) is 14.8. The van der Waals surface area contributed by atoms with Crippen molar-refractivity contribution in [2.75, 3.05) is 19.6 Å². The van der Waals surface area contributed by atoms with Gasteiger partial charge in [-0.1, -0.05) is 0 Å². The molecule has 0 aliphatic carbocycles. The molecular formula is C10H19N3O3. The lowest BCUT2D eigenvalue weighted by Crippen LogP contribution is -2.41. The van der Waals surface area contributed by atoms with Gasteiger partial charge >= 0.3 is 0 Å². The molecule has 0 aromatic rings. The third-order valence-electron chi connectivity index (χ3n) is 2.75. The third-order valence-corrected chi connectivity index (χ3v) is 2.75. The van der Waals surface area contributed by atoms with E-state index in [4.69, 9.17) is 10.8 Å². The van der Waals surface area contributed by atoms with Crippen LogP contribution in [0.1, 0.15) is 19.3 Å². The first kappa shape index (κ1) is 12.9. The number of aliphatic hydroxyl groups excluding tert-OH is 1.